The maximum Gasteiger partial charge on any atom is 0.322 e. The van der Waals surface area contributed by atoms with Gasteiger partial charge in [-0.2, -0.15) is 0 Å². The van der Waals surface area contributed by atoms with Crippen molar-refractivity contribution >= 4 is 27.6 Å². The maximum absolute atomic E-state index is 12.5. The highest BCUT2D eigenvalue weighted by atomic mass is 32.2. The molecule has 0 spiro atoms. The molecular formula is C23H20N4O5S. The average molecular weight is 465 g/mol. The van der Waals surface area contributed by atoms with Crippen molar-refractivity contribution in [1.29, 1.82) is 0 Å². The maximum atomic E-state index is 12.5. The number of hydrogen-bond donors (Lipinski definition) is 2. The average Bonchev–Trinajstić information content (AvgIpc) is 3.28. The van der Waals surface area contributed by atoms with Gasteiger partial charge in [0.1, 0.15) is 5.75 Å². The molecule has 0 radical (unpaired) electrons. The van der Waals surface area contributed by atoms with Crippen LogP contribution >= 0.6 is 0 Å². The van der Waals surface area contributed by atoms with Crippen molar-refractivity contribution in [1.82, 2.24) is 10.2 Å². The summed E-state index contributed by atoms with van der Waals surface area (Å²) < 4.78 is 38.1. The summed E-state index contributed by atoms with van der Waals surface area (Å²) in [5, 5.41) is 10.3. The molecule has 0 atom stereocenters. The fourth-order valence-electron chi connectivity index (χ4n) is 2.91. The van der Waals surface area contributed by atoms with Gasteiger partial charge < -0.3 is 9.15 Å². The minimum absolute atomic E-state index is 0.0602. The zero-order valence-corrected chi connectivity index (χ0v) is 18.6. The number of rotatable bonds is 7. The summed E-state index contributed by atoms with van der Waals surface area (Å²) in [4.78, 5) is 12.7. The molecule has 0 fully saturated rings. The van der Waals surface area contributed by atoms with Gasteiger partial charge in [-0.05, 0) is 67.6 Å². The molecule has 0 saturated carbocycles. The Labute approximate surface area is 190 Å². The summed E-state index contributed by atoms with van der Waals surface area (Å²) in [7, 11) is -2.16. The molecule has 1 aromatic heterocycles. The second-order valence-corrected chi connectivity index (χ2v) is 8.77. The number of anilines is 2. The fourth-order valence-corrected chi connectivity index (χ4v) is 3.97. The molecule has 33 heavy (non-hydrogen) atoms. The number of amides is 1. The Bertz CT molecular complexity index is 1360. The molecule has 1 amide bonds. The highest BCUT2D eigenvalue weighted by Gasteiger charge is 2.16. The van der Waals surface area contributed by atoms with Crippen molar-refractivity contribution in [2.24, 2.45) is 0 Å². The molecule has 0 aliphatic heterocycles. The van der Waals surface area contributed by atoms with E-state index in [9.17, 15) is 13.2 Å². The number of carbonyl (C=O) groups excluding carboxylic acids is 1. The van der Waals surface area contributed by atoms with Crippen LogP contribution in [0.2, 0.25) is 0 Å². The number of aryl methyl sites for hydroxylation is 1. The van der Waals surface area contributed by atoms with Crippen LogP contribution in [0, 0.1) is 6.92 Å². The Morgan fingerprint density at radius 3 is 2.21 bits per heavy atom. The van der Waals surface area contributed by atoms with E-state index in [1.807, 2.05) is 6.92 Å². The van der Waals surface area contributed by atoms with Crippen molar-refractivity contribution in [2.75, 3.05) is 17.1 Å². The van der Waals surface area contributed by atoms with Crippen molar-refractivity contribution < 1.29 is 22.4 Å². The number of aromatic nitrogens is 2. The Hall–Kier alpha value is -4.18. The molecule has 0 aliphatic rings. The number of benzene rings is 3. The van der Waals surface area contributed by atoms with E-state index in [0.29, 0.717) is 17.0 Å². The lowest BCUT2D eigenvalue weighted by atomic mass is 10.2. The zero-order chi connectivity index (χ0) is 23.4. The van der Waals surface area contributed by atoms with Gasteiger partial charge in [0.2, 0.25) is 5.89 Å². The Kier molecular flexibility index (Phi) is 6.09. The van der Waals surface area contributed by atoms with Crippen LogP contribution in [-0.4, -0.2) is 31.6 Å². The Morgan fingerprint density at radius 2 is 1.58 bits per heavy atom. The van der Waals surface area contributed by atoms with Gasteiger partial charge in [0.25, 0.3) is 15.9 Å². The molecule has 4 aromatic rings. The van der Waals surface area contributed by atoms with Crippen LogP contribution in [0.4, 0.5) is 11.7 Å². The molecule has 0 unspecified atom stereocenters. The van der Waals surface area contributed by atoms with Crippen molar-refractivity contribution in [3.8, 4) is 17.2 Å². The number of nitrogens with zero attached hydrogens (tertiary/aromatic N) is 2. The Balaban J connectivity index is 1.41. The molecule has 0 bridgehead atoms. The summed E-state index contributed by atoms with van der Waals surface area (Å²) in [6, 6.07) is 19.4. The van der Waals surface area contributed by atoms with Crippen molar-refractivity contribution in [3.05, 3.63) is 83.9 Å². The smallest absolute Gasteiger partial charge is 0.322 e. The summed E-state index contributed by atoms with van der Waals surface area (Å²) in [5.74, 6) is 0.457. The fraction of sp³-hybridized carbons (Fsp3) is 0.0870. The third-order valence-corrected chi connectivity index (χ3v) is 6.11. The van der Waals surface area contributed by atoms with Crippen LogP contribution in [0.25, 0.3) is 11.5 Å². The molecule has 2 N–H and O–H groups in total. The van der Waals surface area contributed by atoms with Gasteiger partial charge >= 0.3 is 6.01 Å². The van der Waals surface area contributed by atoms with Gasteiger partial charge in [-0.15, -0.1) is 5.10 Å². The van der Waals surface area contributed by atoms with E-state index >= 15 is 0 Å². The van der Waals surface area contributed by atoms with E-state index in [1.165, 1.54) is 36.4 Å². The first-order chi connectivity index (χ1) is 15.8. The van der Waals surface area contributed by atoms with E-state index in [4.69, 9.17) is 9.15 Å². The first-order valence-corrected chi connectivity index (χ1v) is 11.3. The molecule has 168 valence electrons. The minimum atomic E-state index is -3.73. The molecule has 4 rings (SSSR count). The number of nitrogens with one attached hydrogen (secondary N) is 2. The predicted octanol–water partition coefficient (Wildman–Crippen LogP) is 4.11. The molecule has 0 saturated heterocycles. The Morgan fingerprint density at radius 1 is 0.909 bits per heavy atom. The lowest BCUT2D eigenvalue weighted by Crippen LogP contribution is -2.14. The van der Waals surface area contributed by atoms with Gasteiger partial charge in [-0.3, -0.25) is 14.8 Å². The molecule has 0 aliphatic carbocycles. The highest BCUT2D eigenvalue weighted by Crippen LogP contribution is 2.23. The van der Waals surface area contributed by atoms with Gasteiger partial charge in [0, 0.05) is 16.8 Å². The summed E-state index contributed by atoms with van der Waals surface area (Å²) >= 11 is 0. The number of sulfonamides is 1. The van der Waals surface area contributed by atoms with Crippen LogP contribution in [0.1, 0.15) is 15.9 Å². The van der Waals surface area contributed by atoms with Gasteiger partial charge in [0.05, 0.1) is 12.0 Å². The highest BCUT2D eigenvalue weighted by molar-refractivity contribution is 7.92. The summed E-state index contributed by atoms with van der Waals surface area (Å²) in [6.07, 6.45) is 0. The lowest BCUT2D eigenvalue weighted by Gasteiger charge is -2.09. The lowest BCUT2D eigenvalue weighted by molar-refractivity contribution is 0.102. The number of ether oxygens (including phenoxy) is 1. The van der Waals surface area contributed by atoms with E-state index in [0.717, 1.165) is 5.56 Å². The molecule has 10 heteroatoms. The quantitative estimate of drug-likeness (QED) is 0.422. The van der Waals surface area contributed by atoms with E-state index in [-0.39, 0.29) is 22.4 Å². The topological polar surface area (TPSA) is 123 Å². The molecular weight excluding hydrogens is 444 g/mol. The zero-order valence-electron chi connectivity index (χ0n) is 17.8. The van der Waals surface area contributed by atoms with E-state index in [2.05, 4.69) is 20.2 Å². The second kappa shape index (κ2) is 9.13. The summed E-state index contributed by atoms with van der Waals surface area (Å²) in [6.45, 7) is 1.88. The largest absolute Gasteiger partial charge is 0.497 e. The van der Waals surface area contributed by atoms with Crippen LogP contribution in [0.5, 0.6) is 5.75 Å². The summed E-state index contributed by atoms with van der Waals surface area (Å²) in [5.41, 5.74) is 2.25. The predicted molar refractivity (Wildman–Crippen MR) is 123 cm³/mol. The third-order valence-electron chi connectivity index (χ3n) is 4.71. The van der Waals surface area contributed by atoms with Gasteiger partial charge in [-0.1, -0.05) is 22.8 Å². The standard InChI is InChI=1S/C23H20N4O5S/c1-15-3-13-20(14-4-15)33(29,30)27-18-9-5-16(6-10-18)21(28)24-23-26-25-22(32-23)17-7-11-19(31-2)12-8-17/h3-14,27H,1-2H3,(H,24,26,28). The van der Waals surface area contributed by atoms with Gasteiger partial charge in [0.15, 0.2) is 0 Å². The number of methoxy groups -OCH3 is 1. The molecule has 3 aromatic carbocycles. The van der Waals surface area contributed by atoms with Crippen LogP contribution in [0.15, 0.2) is 82.1 Å². The van der Waals surface area contributed by atoms with E-state index in [1.54, 1.807) is 43.5 Å². The van der Waals surface area contributed by atoms with Crippen LogP contribution in [0.3, 0.4) is 0 Å². The number of carbonyl (C=O) groups is 1. The first kappa shape index (κ1) is 22.0. The van der Waals surface area contributed by atoms with Crippen LogP contribution < -0.4 is 14.8 Å². The molecule has 9 nitrogen and oxygen atoms in total. The van der Waals surface area contributed by atoms with E-state index < -0.39 is 15.9 Å². The molecule has 1 heterocycles. The van der Waals surface area contributed by atoms with Gasteiger partial charge in [-0.25, -0.2) is 8.42 Å². The minimum Gasteiger partial charge on any atom is -0.497 e. The number of hydrogen-bond acceptors (Lipinski definition) is 7. The normalized spacial score (nSPS) is 11.1. The SMILES string of the molecule is COc1ccc(-c2nnc(NC(=O)c3ccc(NS(=O)(=O)c4ccc(C)cc4)cc3)o2)cc1. The van der Waals surface area contributed by atoms with Crippen molar-refractivity contribution in [3.63, 3.8) is 0 Å². The third kappa shape index (κ3) is 5.18. The second-order valence-electron chi connectivity index (χ2n) is 7.09. The monoisotopic (exact) mass is 464 g/mol. The first-order valence-electron chi connectivity index (χ1n) is 9.83. The van der Waals surface area contributed by atoms with Crippen molar-refractivity contribution in [2.45, 2.75) is 11.8 Å². The van der Waals surface area contributed by atoms with Crippen LogP contribution in [-0.2, 0) is 10.0 Å².